The minimum atomic E-state index is 0.300. The monoisotopic (exact) mass is 232 g/mol. The van der Waals surface area contributed by atoms with Crippen molar-refractivity contribution < 1.29 is 0 Å². The van der Waals surface area contributed by atoms with Crippen LogP contribution < -0.4 is 5.32 Å². The fourth-order valence-electron chi connectivity index (χ4n) is 1.75. The van der Waals surface area contributed by atoms with Crippen LogP contribution in [0.2, 0.25) is 0 Å². The van der Waals surface area contributed by atoms with Crippen molar-refractivity contribution in [2.24, 2.45) is 0 Å². The number of thiophene rings is 1. The first-order valence-corrected chi connectivity index (χ1v) is 6.35. The Bertz CT molecular complexity index is 437. The maximum absolute atomic E-state index is 4.43. The standard InChI is InChI=1S/C13H16N2S/c1-10-3-5-15-13(7-10)12(14-2)8-11-4-6-16-9-11/h3-7,9,12,14H,8H2,1-2H3. The zero-order valence-electron chi connectivity index (χ0n) is 9.60. The first kappa shape index (κ1) is 11.3. The van der Waals surface area contributed by atoms with E-state index in [9.17, 15) is 0 Å². The van der Waals surface area contributed by atoms with Crippen LogP contribution in [0.5, 0.6) is 0 Å². The van der Waals surface area contributed by atoms with Crippen molar-refractivity contribution in [3.63, 3.8) is 0 Å². The average molecular weight is 232 g/mol. The van der Waals surface area contributed by atoms with Gasteiger partial charge in [0, 0.05) is 6.20 Å². The Labute approximate surface area is 100 Å². The third kappa shape index (κ3) is 2.68. The molecule has 0 saturated heterocycles. The Balaban J connectivity index is 2.16. The van der Waals surface area contributed by atoms with Gasteiger partial charge >= 0.3 is 0 Å². The van der Waals surface area contributed by atoms with Gasteiger partial charge in [0.15, 0.2) is 0 Å². The van der Waals surface area contributed by atoms with Gasteiger partial charge in [-0.1, -0.05) is 0 Å². The summed E-state index contributed by atoms with van der Waals surface area (Å²) in [7, 11) is 1.99. The summed E-state index contributed by atoms with van der Waals surface area (Å²) in [5, 5.41) is 7.64. The second kappa shape index (κ2) is 5.23. The third-order valence-electron chi connectivity index (χ3n) is 2.66. The van der Waals surface area contributed by atoms with E-state index in [1.165, 1.54) is 11.1 Å². The predicted molar refractivity (Wildman–Crippen MR) is 68.8 cm³/mol. The van der Waals surface area contributed by atoms with Crippen molar-refractivity contribution in [1.29, 1.82) is 0 Å². The molecular weight excluding hydrogens is 216 g/mol. The number of aromatic nitrogens is 1. The van der Waals surface area contributed by atoms with E-state index < -0.39 is 0 Å². The van der Waals surface area contributed by atoms with Crippen molar-refractivity contribution >= 4 is 11.3 Å². The molecule has 2 aromatic rings. The maximum Gasteiger partial charge on any atom is 0.0579 e. The molecule has 0 amide bonds. The van der Waals surface area contributed by atoms with E-state index in [1.807, 2.05) is 19.3 Å². The van der Waals surface area contributed by atoms with Gasteiger partial charge in [-0.05, 0) is 60.5 Å². The molecule has 0 aliphatic heterocycles. The van der Waals surface area contributed by atoms with Crippen molar-refractivity contribution in [2.45, 2.75) is 19.4 Å². The van der Waals surface area contributed by atoms with Gasteiger partial charge in [0.05, 0.1) is 11.7 Å². The number of hydrogen-bond donors (Lipinski definition) is 1. The van der Waals surface area contributed by atoms with Gasteiger partial charge in [-0.3, -0.25) is 4.98 Å². The molecule has 0 fully saturated rings. The first-order chi connectivity index (χ1) is 7.79. The topological polar surface area (TPSA) is 24.9 Å². The molecule has 1 atom stereocenters. The van der Waals surface area contributed by atoms with E-state index in [4.69, 9.17) is 0 Å². The Morgan fingerprint density at radius 2 is 2.31 bits per heavy atom. The van der Waals surface area contributed by atoms with Gasteiger partial charge in [0.1, 0.15) is 0 Å². The van der Waals surface area contributed by atoms with Crippen LogP contribution in [-0.2, 0) is 6.42 Å². The van der Waals surface area contributed by atoms with E-state index in [-0.39, 0.29) is 0 Å². The molecule has 0 saturated carbocycles. The summed E-state index contributed by atoms with van der Waals surface area (Å²) < 4.78 is 0. The maximum atomic E-state index is 4.43. The molecule has 2 aromatic heterocycles. The van der Waals surface area contributed by atoms with Crippen LogP contribution in [0.3, 0.4) is 0 Å². The molecule has 1 N–H and O–H groups in total. The van der Waals surface area contributed by atoms with Gasteiger partial charge in [0.25, 0.3) is 0 Å². The molecule has 0 radical (unpaired) electrons. The first-order valence-electron chi connectivity index (χ1n) is 5.40. The van der Waals surface area contributed by atoms with Crippen LogP contribution >= 0.6 is 11.3 Å². The van der Waals surface area contributed by atoms with Crippen LogP contribution in [0.25, 0.3) is 0 Å². The zero-order valence-corrected chi connectivity index (χ0v) is 10.4. The second-order valence-electron chi connectivity index (χ2n) is 3.94. The van der Waals surface area contributed by atoms with Crippen molar-refractivity contribution in [3.8, 4) is 0 Å². The quantitative estimate of drug-likeness (QED) is 0.876. The van der Waals surface area contributed by atoms with E-state index >= 15 is 0 Å². The lowest BCUT2D eigenvalue weighted by atomic mass is 10.0. The van der Waals surface area contributed by atoms with Gasteiger partial charge < -0.3 is 5.32 Å². The number of hydrogen-bond acceptors (Lipinski definition) is 3. The SMILES string of the molecule is CNC(Cc1ccsc1)c1cc(C)ccn1. The lowest BCUT2D eigenvalue weighted by Gasteiger charge is -2.15. The molecule has 0 aromatic carbocycles. The van der Waals surface area contributed by atoms with Crippen LogP contribution in [0, 0.1) is 6.92 Å². The molecule has 3 heteroatoms. The summed E-state index contributed by atoms with van der Waals surface area (Å²) in [6, 6.07) is 6.65. The third-order valence-corrected chi connectivity index (χ3v) is 3.39. The molecule has 84 valence electrons. The highest BCUT2D eigenvalue weighted by Gasteiger charge is 2.11. The van der Waals surface area contributed by atoms with Gasteiger partial charge in [-0.15, -0.1) is 0 Å². The van der Waals surface area contributed by atoms with Crippen molar-refractivity contribution in [3.05, 3.63) is 52.0 Å². The summed E-state index contributed by atoms with van der Waals surface area (Å²) >= 11 is 1.74. The lowest BCUT2D eigenvalue weighted by Crippen LogP contribution is -2.19. The average Bonchev–Trinajstić information content (AvgIpc) is 2.78. The molecule has 1 unspecified atom stereocenters. The molecule has 2 heterocycles. The molecule has 0 aliphatic rings. The molecular formula is C13H16N2S. The van der Waals surface area contributed by atoms with Crippen LogP contribution in [0.1, 0.15) is 22.9 Å². The number of likely N-dealkylation sites (N-methyl/N-ethyl adjacent to an activating group) is 1. The van der Waals surface area contributed by atoms with E-state index in [0.717, 1.165) is 12.1 Å². The summed E-state index contributed by atoms with van der Waals surface area (Å²) in [6.07, 6.45) is 2.87. The van der Waals surface area contributed by atoms with E-state index in [0.29, 0.717) is 6.04 Å². The normalized spacial score (nSPS) is 12.6. The fraction of sp³-hybridized carbons (Fsp3) is 0.308. The number of nitrogens with zero attached hydrogens (tertiary/aromatic N) is 1. The molecule has 0 bridgehead atoms. The number of rotatable bonds is 4. The van der Waals surface area contributed by atoms with Crippen molar-refractivity contribution in [1.82, 2.24) is 10.3 Å². The molecule has 16 heavy (non-hydrogen) atoms. The summed E-state index contributed by atoms with van der Waals surface area (Å²) in [4.78, 5) is 4.43. The summed E-state index contributed by atoms with van der Waals surface area (Å²) in [5.41, 5.74) is 3.75. The highest BCUT2D eigenvalue weighted by molar-refractivity contribution is 7.07. The smallest absolute Gasteiger partial charge is 0.0579 e. The molecule has 2 rings (SSSR count). The van der Waals surface area contributed by atoms with E-state index in [1.54, 1.807) is 11.3 Å². The minimum Gasteiger partial charge on any atom is -0.311 e. The minimum absolute atomic E-state index is 0.300. The Morgan fingerprint density at radius 3 is 2.94 bits per heavy atom. The number of aryl methyl sites for hydroxylation is 1. The summed E-state index contributed by atoms with van der Waals surface area (Å²) in [6.45, 7) is 2.10. The lowest BCUT2D eigenvalue weighted by molar-refractivity contribution is 0.576. The zero-order chi connectivity index (χ0) is 11.4. The number of pyridine rings is 1. The van der Waals surface area contributed by atoms with Gasteiger partial charge in [-0.25, -0.2) is 0 Å². The molecule has 0 spiro atoms. The molecule has 0 aliphatic carbocycles. The Hall–Kier alpha value is -1.19. The van der Waals surface area contributed by atoms with Gasteiger partial charge in [0.2, 0.25) is 0 Å². The van der Waals surface area contributed by atoms with Crippen LogP contribution in [0.15, 0.2) is 35.2 Å². The van der Waals surface area contributed by atoms with Gasteiger partial charge in [-0.2, -0.15) is 11.3 Å². The fourth-order valence-corrected chi connectivity index (χ4v) is 2.43. The second-order valence-corrected chi connectivity index (χ2v) is 4.72. The Morgan fingerprint density at radius 1 is 1.44 bits per heavy atom. The predicted octanol–water partition coefficient (Wildman–Crippen LogP) is 2.95. The highest BCUT2D eigenvalue weighted by Crippen LogP contribution is 2.18. The summed E-state index contributed by atoms with van der Waals surface area (Å²) in [5.74, 6) is 0. The largest absolute Gasteiger partial charge is 0.311 e. The Kier molecular flexibility index (Phi) is 3.70. The van der Waals surface area contributed by atoms with E-state index in [2.05, 4.69) is 40.1 Å². The number of nitrogens with one attached hydrogen (secondary N) is 1. The highest BCUT2D eigenvalue weighted by atomic mass is 32.1. The van der Waals surface area contributed by atoms with Crippen LogP contribution in [0.4, 0.5) is 0 Å². The van der Waals surface area contributed by atoms with Crippen LogP contribution in [-0.4, -0.2) is 12.0 Å². The molecule has 2 nitrogen and oxygen atoms in total. The van der Waals surface area contributed by atoms with Crippen molar-refractivity contribution in [2.75, 3.05) is 7.05 Å².